The van der Waals surface area contributed by atoms with Crippen molar-refractivity contribution >= 4 is 23.1 Å². The first-order valence-electron chi connectivity index (χ1n) is 17.9. The molecule has 0 aliphatic carbocycles. The summed E-state index contributed by atoms with van der Waals surface area (Å²) < 4.78 is 31.0. The van der Waals surface area contributed by atoms with Crippen LogP contribution in [0, 0.1) is 0 Å². The minimum Gasteiger partial charge on any atom is -0.457 e. The molecule has 3 nitrogen and oxygen atoms in total. The van der Waals surface area contributed by atoms with E-state index in [-0.39, 0.29) is 0 Å². The minimum atomic E-state index is -3.75. The maximum atomic E-state index is 17.2. The van der Waals surface area contributed by atoms with Gasteiger partial charge >= 0.3 is 0 Å². The summed E-state index contributed by atoms with van der Waals surface area (Å²) in [5.74, 6) is 2.89. The van der Waals surface area contributed by atoms with Gasteiger partial charge in [-0.1, -0.05) is 176 Å². The van der Waals surface area contributed by atoms with E-state index in [4.69, 9.17) is 9.47 Å². The zero-order valence-electron chi connectivity index (χ0n) is 28.7. The molecule has 2 aliphatic heterocycles. The lowest BCUT2D eigenvalue weighted by molar-refractivity contribution is 0.401. The number of rotatable bonds is 5. The van der Waals surface area contributed by atoms with Crippen molar-refractivity contribution in [1.82, 2.24) is 0 Å². The maximum Gasteiger partial charge on any atom is 0.175 e. The van der Waals surface area contributed by atoms with Crippen LogP contribution >= 0.6 is 7.14 Å². The average Bonchev–Trinajstić information content (AvgIpc) is 3.24. The lowest BCUT2D eigenvalue weighted by atomic mass is 9.62. The molecule has 2 heterocycles. The molecule has 53 heavy (non-hydrogen) atoms. The van der Waals surface area contributed by atoms with Crippen molar-refractivity contribution in [2.24, 2.45) is 0 Å². The van der Waals surface area contributed by atoms with Crippen LogP contribution in [0.2, 0.25) is 0 Å². The Bertz CT molecular complexity index is 2570. The highest BCUT2D eigenvalue weighted by Crippen LogP contribution is 2.62. The van der Waals surface area contributed by atoms with Gasteiger partial charge in [-0.25, -0.2) is 0 Å². The highest BCUT2D eigenvalue weighted by molar-refractivity contribution is 7.86. The van der Waals surface area contributed by atoms with E-state index in [2.05, 4.69) is 84.9 Å². The van der Waals surface area contributed by atoms with Crippen molar-refractivity contribution in [2.45, 2.75) is 5.41 Å². The number of ether oxygens (including phenoxy) is 2. The fourth-order valence-corrected chi connectivity index (χ4v) is 11.7. The molecule has 8 aromatic carbocycles. The Morgan fingerprint density at radius 1 is 0.340 bits per heavy atom. The van der Waals surface area contributed by atoms with Crippen molar-refractivity contribution in [3.05, 3.63) is 222 Å². The van der Waals surface area contributed by atoms with Gasteiger partial charge in [0.2, 0.25) is 0 Å². The zero-order chi connectivity index (χ0) is 35.4. The Morgan fingerprint density at radius 2 is 0.717 bits per heavy atom. The van der Waals surface area contributed by atoms with Crippen LogP contribution in [0.1, 0.15) is 22.3 Å². The molecule has 0 saturated carbocycles. The third-order valence-electron chi connectivity index (χ3n) is 10.7. The van der Waals surface area contributed by atoms with Gasteiger partial charge in [-0.05, 0) is 46.5 Å². The van der Waals surface area contributed by atoms with Gasteiger partial charge in [-0.2, -0.15) is 0 Å². The number of fused-ring (bicyclic) bond motifs is 8. The van der Waals surface area contributed by atoms with Crippen LogP contribution in [0.3, 0.4) is 0 Å². The SMILES string of the molecule is O=P(c1ccccc1-c1ccccc1)(c1ccccc1-c1ccccc1)c1cccc2c1Oc1ccccc1C21c2ccccc2Oc2ccccc21. The van der Waals surface area contributed by atoms with E-state index < -0.39 is 12.6 Å². The Kier molecular flexibility index (Phi) is 7.32. The molecule has 10 rings (SSSR count). The first-order valence-corrected chi connectivity index (χ1v) is 19.6. The van der Waals surface area contributed by atoms with Crippen LogP contribution in [-0.2, 0) is 9.98 Å². The summed E-state index contributed by atoms with van der Waals surface area (Å²) in [6.07, 6.45) is 0. The van der Waals surface area contributed by atoms with Crippen LogP contribution in [0.5, 0.6) is 23.0 Å². The predicted molar refractivity (Wildman–Crippen MR) is 215 cm³/mol. The molecule has 0 unspecified atom stereocenters. The number of benzene rings is 8. The Hall–Kier alpha value is -6.41. The van der Waals surface area contributed by atoms with Crippen molar-refractivity contribution in [3.8, 4) is 45.3 Å². The summed E-state index contributed by atoms with van der Waals surface area (Å²) in [6.45, 7) is 0. The Labute approximate surface area is 309 Å². The van der Waals surface area contributed by atoms with Gasteiger partial charge in [0.05, 0.1) is 10.7 Å². The second-order valence-electron chi connectivity index (χ2n) is 13.5. The average molecular weight is 701 g/mol. The maximum absolute atomic E-state index is 17.2. The molecule has 0 aromatic heterocycles. The first-order chi connectivity index (χ1) is 26.2. The highest BCUT2D eigenvalue weighted by atomic mass is 31.2. The largest absolute Gasteiger partial charge is 0.457 e. The predicted octanol–water partition coefficient (Wildman–Crippen LogP) is 11.3. The molecule has 0 amide bonds. The van der Waals surface area contributed by atoms with E-state index in [0.29, 0.717) is 11.1 Å². The van der Waals surface area contributed by atoms with Gasteiger partial charge in [0, 0.05) is 32.9 Å². The van der Waals surface area contributed by atoms with Crippen LogP contribution < -0.4 is 25.4 Å². The first kappa shape index (κ1) is 31.3. The summed E-state index contributed by atoms with van der Waals surface area (Å²) in [6, 6.07) is 67.8. The topological polar surface area (TPSA) is 35.5 Å². The summed E-state index contributed by atoms with van der Waals surface area (Å²) in [4.78, 5) is 0. The second kappa shape index (κ2) is 12.4. The van der Waals surface area contributed by atoms with E-state index in [1.54, 1.807) is 0 Å². The molecule has 1 spiro atoms. The summed E-state index contributed by atoms with van der Waals surface area (Å²) in [5, 5.41) is 2.16. The monoisotopic (exact) mass is 700 g/mol. The van der Waals surface area contributed by atoms with Crippen molar-refractivity contribution in [1.29, 1.82) is 0 Å². The van der Waals surface area contributed by atoms with Gasteiger partial charge in [-0.3, -0.25) is 0 Å². The van der Waals surface area contributed by atoms with Gasteiger partial charge in [-0.15, -0.1) is 0 Å². The van der Waals surface area contributed by atoms with Crippen molar-refractivity contribution in [2.75, 3.05) is 0 Å². The number of hydrogen-bond acceptors (Lipinski definition) is 3. The van der Waals surface area contributed by atoms with Gasteiger partial charge in [0.25, 0.3) is 0 Å². The molecule has 4 heteroatoms. The molecular weight excluding hydrogens is 668 g/mol. The third kappa shape index (κ3) is 4.64. The molecule has 0 radical (unpaired) electrons. The fraction of sp³-hybridized carbons (Fsp3) is 0.0204. The summed E-state index contributed by atoms with van der Waals surface area (Å²) >= 11 is 0. The second-order valence-corrected chi connectivity index (χ2v) is 16.1. The molecule has 0 bridgehead atoms. The summed E-state index contributed by atoms with van der Waals surface area (Å²) in [5.41, 5.74) is 6.99. The molecule has 0 N–H and O–H groups in total. The van der Waals surface area contributed by atoms with Gasteiger partial charge < -0.3 is 14.0 Å². The minimum absolute atomic E-state index is 0.603. The normalized spacial score (nSPS) is 13.4. The lowest BCUT2D eigenvalue weighted by Crippen LogP contribution is -2.39. The van der Waals surface area contributed by atoms with E-state index in [9.17, 15) is 0 Å². The number of hydrogen-bond donors (Lipinski definition) is 0. The van der Waals surface area contributed by atoms with Crippen LogP contribution in [0.15, 0.2) is 200 Å². The lowest BCUT2D eigenvalue weighted by Gasteiger charge is -2.45. The van der Waals surface area contributed by atoms with E-state index in [0.717, 1.165) is 72.4 Å². The van der Waals surface area contributed by atoms with Gasteiger partial charge in [0.15, 0.2) is 7.14 Å². The smallest absolute Gasteiger partial charge is 0.175 e. The van der Waals surface area contributed by atoms with Crippen molar-refractivity contribution < 1.29 is 14.0 Å². The quantitative estimate of drug-likeness (QED) is 0.168. The molecule has 2 aliphatic rings. The van der Waals surface area contributed by atoms with E-state index >= 15 is 4.57 Å². The fourth-order valence-electron chi connectivity index (χ4n) is 8.48. The van der Waals surface area contributed by atoms with Gasteiger partial charge in [0.1, 0.15) is 23.0 Å². The molecular formula is C49H33O3P. The summed E-state index contributed by atoms with van der Waals surface area (Å²) in [7, 11) is -3.75. The zero-order valence-corrected chi connectivity index (χ0v) is 29.6. The highest BCUT2D eigenvalue weighted by Gasteiger charge is 2.52. The van der Waals surface area contributed by atoms with Crippen molar-refractivity contribution in [3.63, 3.8) is 0 Å². The van der Waals surface area contributed by atoms with Crippen LogP contribution in [0.25, 0.3) is 22.3 Å². The Balaban J connectivity index is 1.35. The van der Waals surface area contributed by atoms with E-state index in [1.807, 2.05) is 115 Å². The molecule has 0 saturated heterocycles. The van der Waals surface area contributed by atoms with E-state index in [1.165, 1.54) is 0 Å². The van der Waals surface area contributed by atoms with Crippen LogP contribution in [0.4, 0.5) is 0 Å². The standard InChI is InChI=1S/C49H33O3P/c50-53(45-31-15-7-22-36(45)34-18-3-1-4-19-34,46-32-16-8-23-37(46)35-20-5-2-6-21-35)47-33-17-27-41-48(47)52-44-30-14-11-26-40(44)49(41)38-24-9-12-28-42(38)51-43-29-13-10-25-39(43)49/h1-33H. The molecule has 0 fully saturated rings. The third-order valence-corrected chi connectivity index (χ3v) is 13.9. The molecule has 252 valence electrons. The molecule has 0 atom stereocenters. The number of para-hydroxylation sites is 4. The van der Waals surface area contributed by atoms with Crippen LogP contribution in [-0.4, -0.2) is 0 Å². The molecule has 8 aromatic rings. The Morgan fingerprint density at radius 3 is 1.23 bits per heavy atom.